The molecule has 1 heterocycles. The Morgan fingerprint density at radius 1 is 1.16 bits per heavy atom. The van der Waals surface area contributed by atoms with Crippen molar-refractivity contribution in [3.05, 3.63) is 77.1 Å². The molecule has 0 unspecified atom stereocenters. The zero-order valence-corrected chi connectivity index (χ0v) is 19.1. The third-order valence-corrected chi connectivity index (χ3v) is 5.16. The number of aromatic nitrogens is 1. The minimum absolute atomic E-state index is 0.0371. The number of carbonyl (C=O) groups is 1. The van der Waals surface area contributed by atoms with Crippen molar-refractivity contribution in [1.29, 1.82) is 5.26 Å². The Morgan fingerprint density at radius 3 is 2.50 bits per heavy atom. The average Bonchev–Trinajstić information content (AvgIpc) is 3.05. The molecule has 1 N–H and O–H groups in total. The van der Waals surface area contributed by atoms with E-state index in [1.807, 2.05) is 53.1 Å². The van der Waals surface area contributed by atoms with Crippen LogP contribution in [0.2, 0.25) is 0 Å². The van der Waals surface area contributed by atoms with Crippen LogP contribution in [0.3, 0.4) is 0 Å². The van der Waals surface area contributed by atoms with Crippen LogP contribution in [0.4, 0.5) is 11.4 Å². The summed E-state index contributed by atoms with van der Waals surface area (Å²) >= 11 is 0. The molecule has 3 aromatic rings. The number of anilines is 2. The lowest BCUT2D eigenvalue weighted by atomic mass is 10.1. The van der Waals surface area contributed by atoms with Gasteiger partial charge in [-0.05, 0) is 74.9 Å². The van der Waals surface area contributed by atoms with Gasteiger partial charge in [-0.2, -0.15) is 5.26 Å². The molecule has 0 fully saturated rings. The van der Waals surface area contributed by atoms with Crippen molar-refractivity contribution in [2.45, 2.75) is 20.8 Å². The molecular weight excluding hydrogens is 400 g/mol. The molecule has 0 aliphatic carbocycles. The number of rotatable bonds is 7. The molecule has 6 heteroatoms. The van der Waals surface area contributed by atoms with Crippen LogP contribution in [-0.4, -0.2) is 31.2 Å². The molecule has 1 aromatic heterocycles. The predicted molar refractivity (Wildman–Crippen MR) is 129 cm³/mol. The number of benzene rings is 2. The SMILES string of the molecule is CCOc1cccc(NC(=O)/C(C#N)=C/c2cc(C)n(-c3ccc(N(C)C)cc3)c2C)c1. The number of nitrogens with zero attached hydrogens (tertiary/aromatic N) is 3. The van der Waals surface area contributed by atoms with Gasteiger partial charge in [0.1, 0.15) is 17.4 Å². The summed E-state index contributed by atoms with van der Waals surface area (Å²) in [7, 11) is 4.01. The van der Waals surface area contributed by atoms with E-state index in [2.05, 4.69) is 39.0 Å². The van der Waals surface area contributed by atoms with Crippen molar-refractivity contribution >= 4 is 23.4 Å². The zero-order valence-electron chi connectivity index (χ0n) is 19.1. The summed E-state index contributed by atoms with van der Waals surface area (Å²) in [4.78, 5) is 14.8. The molecule has 0 saturated heterocycles. The van der Waals surface area contributed by atoms with Crippen molar-refractivity contribution in [2.75, 3.05) is 30.9 Å². The van der Waals surface area contributed by atoms with Gasteiger partial charge in [0.05, 0.1) is 6.61 Å². The van der Waals surface area contributed by atoms with Crippen molar-refractivity contribution in [3.63, 3.8) is 0 Å². The summed E-state index contributed by atoms with van der Waals surface area (Å²) in [6.45, 7) is 6.43. The third-order valence-electron chi connectivity index (χ3n) is 5.16. The number of hydrogen-bond donors (Lipinski definition) is 1. The molecule has 2 aromatic carbocycles. The van der Waals surface area contributed by atoms with Crippen LogP contribution in [0.25, 0.3) is 11.8 Å². The minimum Gasteiger partial charge on any atom is -0.494 e. The molecule has 0 radical (unpaired) electrons. The maximum atomic E-state index is 12.7. The van der Waals surface area contributed by atoms with Gasteiger partial charge in [0.25, 0.3) is 5.91 Å². The molecule has 6 nitrogen and oxygen atoms in total. The van der Waals surface area contributed by atoms with Gasteiger partial charge in [-0.15, -0.1) is 0 Å². The molecule has 0 aliphatic rings. The molecule has 3 rings (SSSR count). The second-order valence-corrected chi connectivity index (χ2v) is 7.66. The summed E-state index contributed by atoms with van der Waals surface area (Å²) in [6, 6.07) is 19.4. The van der Waals surface area contributed by atoms with E-state index in [1.165, 1.54) is 0 Å². The fourth-order valence-electron chi connectivity index (χ4n) is 3.56. The molecule has 0 bridgehead atoms. The minimum atomic E-state index is -0.457. The summed E-state index contributed by atoms with van der Waals surface area (Å²) < 4.78 is 7.58. The standard InChI is InChI=1S/C26H28N4O2/c1-6-32-25-9-7-8-22(16-25)28-26(31)21(17-27)15-20-14-18(2)30(19(20)3)24-12-10-23(11-13-24)29(4)5/h7-16H,6H2,1-5H3,(H,28,31)/b21-15+. The molecule has 0 atom stereocenters. The Balaban J connectivity index is 1.87. The number of hydrogen-bond acceptors (Lipinski definition) is 4. The molecule has 0 spiro atoms. The van der Waals surface area contributed by atoms with E-state index in [0.29, 0.717) is 18.0 Å². The van der Waals surface area contributed by atoms with Crippen LogP contribution in [-0.2, 0) is 4.79 Å². The number of ether oxygens (including phenoxy) is 1. The van der Waals surface area contributed by atoms with Crippen LogP contribution in [0.15, 0.2) is 60.2 Å². The normalized spacial score (nSPS) is 11.1. The molecule has 164 valence electrons. The van der Waals surface area contributed by atoms with Gasteiger partial charge in [-0.3, -0.25) is 4.79 Å². The molecular formula is C26H28N4O2. The van der Waals surface area contributed by atoms with Crippen LogP contribution in [0.1, 0.15) is 23.9 Å². The van der Waals surface area contributed by atoms with E-state index < -0.39 is 5.91 Å². The Bertz CT molecular complexity index is 1180. The lowest BCUT2D eigenvalue weighted by Gasteiger charge is -2.15. The second kappa shape index (κ2) is 9.88. The van der Waals surface area contributed by atoms with E-state index in [-0.39, 0.29) is 5.57 Å². The first-order valence-corrected chi connectivity index (χ1v) is 10.5. The molecule has 0 aliphatic heterocycles. The fourth-order valence-corrected chi connectivity index (χ4v) is 3.56. The molecule has 1 amide bonds. The van der Waals surface area contributed by atoms with Gasteiger partial charge in [0, 0.05) is 48.6 Å². The van der Waals surface area contributed by atoms with Gasteiger partial charge < -0.3 is 19.5 Å². The first-order chi connectivity index (χ1) is 15.3. The first kappa shape index (κ1) is 22.7. The van der Waals surface area contributed by atoms with Crippen LogP contribution >= 0.6 is 0 Å². The Hall–Kier alpha value is -3.98. The Kier molecular flexibility index (Phi) is 7.01. The average molecular weight is 429 g/mol. The van der Waals surface area contributed by atoms with Gasteiger partial charge in [0.2, 0.25) is 0 Å². The fraction of sp³-hybridized carbons (Fsp3) is 0.231. The zero-order chi connectivity index (χ0) is 23.3. The van der Waals surface area contributed by atoms with Crippen LogP contribution in [0.5, 0.6) is 5.75 Å². The highest BCUT2D eigenvalue weighted by Gasteiger charge is 2.14. The number of nitriles is 1. The van der Waals surface area contributed by atoms with E-state index in [4.69, 9.17) is 4.74 Å². The van der Waals surface area contributed by atoms with Gasteiger partial charge in [0.15, 0.2) is 0 Å². The van der Waals surface area contributed by atoms with Gasteiger partial charge in [-0.1, -0.05) is 6.07 Å². The Morgan fingerprint density at radius 2 is 1.88 bits per heavy atom. The third kappa shape index (κ3) is 5.01. The summed E-state index contributed by atoms with van der Waals surface area (Å²) in [5, 5.41) is 12.4. The number of amides is 1. The lowest BCUT2D eigenvalue weighted by Crippen LogP contribution is -2.13. The number of aryl methyl sites for hydroxylation is 1. The van der Waals surface area contributed by atoms with E-state index >= 15 is 0 Å². The van der Waals surface area contributed by atoms with Crippen molar-refractivity contribution in [1.82, 2.24) is 4.57 Å². The van der Waals surface area contributed by atoms with Crippen LogP contribution in [0, 0.1) is 25.2 Å². The maximum Gasteiger partial charge on any atom is 0.266 e. The summed E-state index contributed by atoms with van der Waals surface area (Å²) in [5.41, 5.74) is 5.57. The second-order valence-electron chi connectivity index (χ2n) is 7.66. The lowest BCUT2D eigenvalue weighted by molar-refractivity contribution is -0.112. The highest BCUT2D eigenvalue weighted by molar-refractivity contribution is 6.09. The van der Waals surface area contributed by atoms with Crippen LogP contribution < -0.4 is 15.0 Å². The number of nitrogens with one attached hydrogen (secondary N) is 1. The maximum absolute atomic E-state index is 12.7. The first-order valence-electron chi connectivity index (χ1n) is 10.5. The number of carbonyl (C=O) groups excluding carboxylic acids is 1. The molecule has 32 heavy (non-hydrogen) atoms. The van der Waals surface area contributed by atoms with Crippen molar-refractivity contribution in [2.24, 2.45) is 0 Å². The smallest absolute Gasteiger partial charge is 0.266 e. The summed E-state index contributed by atoms with van der Waals surface area (Å²) in [5.74, 6) is 0.206. The van der Waals surface area contributed by atoms with E-state index in [9.17, 15) is 10.1 Å². The molecule has 0 saturated carbocycles. The van der Waals surface area contributed by atoms with E-state index in [1.54, 1.807) is 24.3 Å². The highest BCUT2D eigenvalue weighted by Crippen LogP contribution is 2.25. The predicted octanol–water partition coefficient (Wildman–Crippen LogP) is 5.10. The van der Waals surface area contributed by atoms with E-state index in [0.717, 1.165) is 28.3 Å². The largest absolute Gasteiger partial charge is 0.494 e. The Labute approximate surface area is 189 Å². The summed E-state index contributed by atoms with van der Waals surface area (Å²) in [6.07, 6.45) is 1.63. The highest BCUT2D eigenvalue weighted by atomic mass is 16.5. The van der Waals surface area contributed by atoms with Gasteiger partial charge >= 0.3 is 0 Å². The quantitative estimate of drug-likeness (QED) is 0.420. The topological polar surface area (TPSA) is 70.3 Å². The van der Waals surface area contributed by atoms with Crippen molar-refractivity contribution in [3.8, 4) is 17.5 Å². The van der Waals surface area contributed by atoms with Gasteiger partial charge in [-0.25, -0.2) is 0 Å². The monoisotopic (exact) mass is 428 g/mol. The van der Waals surface area contributed by atoms with Crippen molar-refractivity contribution < 1.29 is 9.53 Å².